The Hall–Kier alpha value is -1.07. The fourth-order valence-electron chi connectivity index (χ4n) is 1.47. The normalized spacial score (nSPS) is 10.5. The largest absolute Gasteiger partial charge is 0.480 e. The molecule has 100 valence electrons. The summed E-state index contributed by atoms with van der Waals surface area (Å²) in [5.41, 5.74) is 0.990. The monoisotopic (exact) mass is 315 g/mol. The summed E-state index contributed by atoms with van der Waals surface area (Å²) >= 11 is 3.41. The van der Waals surface area contributed by atoms with Gasteiger partial charge < -0.3 is 14.8 Å². The molecule has 0 amide bonds. The number of carbonyl (C=O) groups is 1. The molecule has 1 rings (SSSR count). The molecule has 0 fully saturated rings. The molecule has 18 heavy (non-hydrogen) atoms. The van der Waals surface area contributed by atoms with E-state index in [2.05, 4.69) is 21.2 Å². The molecule has 1 aromatic carbocycles. The second-order valence-electron chi connectivity index (χ2n) is 4.09. The summed E-state index contributed by atoms with van der Waals surface area (Å²) in [4.78, 5) is 11.4. The summed E-state index contributed by atoms with van der Waals surface area (Å²) in [5.74, 6) is 0.309. The number of esters is 1. The van der Waals surface area contributed by atoms with Gasteiger partial charge in [-0.3, -0.25) is 0 Å². The third kappa shape index (κ3) is 4.66. The molecule has 0 heterocycles. The number of hydrogen-bond donors (Lipinski definition) is 1. The highest BCUT2D eigenvalue weighted by molar-refractivity contribution is 9.10. The minimum atomic E-state index is -0.365. The van der Waals surface area contributed by atoms with Crippen molar-refractivity contribution in [3.8, 4) is 5.75 Å². The Labute approximate surface area is 116 Å². The number of rotatable bonds is 6. The molecule has 1 aromatic rings. The fraction of sp³-hybridized carbons (Fsp3) is 0.462. The van der Waals surface area contributed by atoms with Crippen LogP contribution in [0.2, 0.25) is 0 Å². The van der Waals surface area contributed by atoms with Crippen LogP contribution in [0.15, 0.2) is 22.7 Å². The van der Waals surface area contributed by atoms with Crippen LogP contribution in [-0.4, -0.2) is 25.7 Å². The summed E-state index contributed by atoms with van der Waals surface area (Å²) in [5, 5.41) is 3.05. The van der Waals surface area contributed by atoms with E-state index in [0.717, 1.165) is 10.0 Å². The van der Waals surface area contributed by atoms with Gasteiger partial charge in [0.1, 0.15) is 5.75 Å². The van der Waals surface area contributed by atoms with E-state index < -0.39 is 0 Å². The van der Waals surface area contributed by atoms with Crippen LogP contribution in [0.1, 0.15) is 19.4 Å². The Morgan fingerprint density at radius 1 is 1.44 bits per heavy atom. The molecule has 0 aromatic heterocycles. The van der Waals surface area contributed by atoms with Crippen molar-refractivity contribution in [3.05, 3.63) is 28.2 Å². The summed E-state index contributed by atoms with van der Waals surface area (Å²) in [7, 11) is 1.86. The van der Waals surface area contributed by atoms with Gasteiger partial charge in [0.2, 0.25) is 0 Å². The van der Waals surface area contributed by atoms with E-state index in [-0.39, 0.29) is 18.7 Å². The van der Waals surface area contributed by atoms with Crippen LogP contribution in [0, 0.1) is 0 Å². The number of halogens is 1. The zero-order valence-electron chi connectivity index (χ0n) is 10.8. The van der Waals surface area contributed by atoms with Gasteiger partial charge in [0.25, 0.3) is 0 Å². The zero-order chi connectivity index (χ0) is 13.5. The first-order chi connectivity index (χ1) is 8.54. The van der Waals surface area contributed by atoms with E-state index in [9.17, 15) is 4.79 Å². The summed E-state index contributed by atoms with van der Waals surface area (Å²) in [6, 6.07) is 5.75. The van der Waals surface area contributed by atoms with Crippen LogP contribution >= 0.6 is 15.9 Å². The molecular weight excluding hydrogens is 298 g/mol. The molecule has 0 unspecified atom stereocenters. The Morgan fingerprint density at radius 2 is 2.17 bits per heavy atom. The van der Waals surface area contributed by atoms with Gasteiger partial charge >= 0.3 is 5.97 Å². The molecular formula is C13H18BrNO3. The second kappa shape index (κ2) is 7.38. The summed E-state index contributed by atoms with van der Waals surface area (Å²) < 4.78 is 11.4. The Kier molecular flexibility index (Phi) is 6.15. The van der Waals surface area contributed by atoms with E-state index in [0.29, 0.717) is 12.3 Å². The molecule has 0 bridgehead atoms. The van der Waals surface area contributed by atoms with E-state index >= 15 is 0 Å². The van der Waals surface area contributed by atoms with E-state index in [1.165, 1.54) is 0 Å². The SMILES string of the molecule is CNCc1cccc(Br)c1OCC(=O)OC(C)C. The van der Waals surface area contributed by atoms with Crippen molar-refractivity contribution in [3.63, 3.8) is 0 Å². The van der Waals surface area contributed by atoms with Crippen molar-refractivity contribution in [2.75, 3.05) is 13.7 Å². The number of carbonyl (C=O) groups excluding carboxylic acids is 1. The van der Waals surface area contributed by atoms with Crippen molar-refractivity contribution < 1.29 is 14.3 Å². The van der Waals surface area contributed by atoms with Crippen LogP contribution in [0.4, 0.5) is 0 Å². The lowest BCUT2D eigenvalue weighted by molar-refractivity contribution is -0.149. The lowest BCUT2D eigenvalue weighted by Gasteiger charge is -2.13. The van der Waals surface area contributed by atoms with Gasteiger partial charge in [-0.05, 0) is 42.9 Å². The van der Waals surface area contributed by atoms with Gasteiger partial charge in [-0.1, -0.05) is 12.1 Å². The molecule has 0 saturated heterocycles. The quantitative estimate of drug-likeness (QED) is 0.819. The topological polar surface area (TPSA) is 47.6 Å². The molecule has 0 radical (unpaired) electrons. The third-order valence-electron chi connectivity index (χ3n) is 2.12. The average Bonchev–Trinajstić information content (AvgIpc) is 2.27. The fourth-order valence-corrected chi connectivity index (χ4v) is 1.99. The first-order valence-corrected chi connectivity index (χ1v) is 6.58. The summed E-state index contributed by atoms with van der Waals surface area (Å²) in [6.45, 7) is 4.21. The smallest absolute Gasteiger partial charge is 0.344 e. The van der Waals surface area contributed by atoms with Crippen molar-refractivity contribution >= 4 is 21.9 Å². The van der Waals surface area contributed by atoms with Crippen LogP contribution in [-0.2, 0) is 16.1 Å². The highest BCUT2D eigenvalue weighted by Crippen LogP contribution is 2.29. The number of ether oxygens (including phenoxy) is 2. The van der Waals surface area contributed by atoms with Crippen LogP contribution in [0.3, 0.4) is 0 Å². The molecule has 4 nitrogen and oxygen atoms in total. The van der Waals surface area contributed by atoms with E-state index in [1.54, 1.807) is 0 Å². The zero-order valence-corrected chi connectivity index (χ0v) is 12.4. The third-order valence-corrected chi connectivity index (χ3v) is 2.74. The molecule has 0 aliphatic rings. The highest BCUT2D eigenvalue weighted by Gasteiger charge is 2.11. The molecule has 0 atom stereocenters. The maximum absolute atomic E-state index is 11.4. The van der Waals surface area contributed by atoms with E-state index in [4.69, 9.17) is 9.47 Å². The lowest BCUT2D eigenvalue weighted by atomic mass is 10.2. The Balaban J connectivity index is 2.68. The standard InChI is InChI=1S/C13H18BrNO3/c1-9(2)18-12(16)8-17-13-10(7-15-3)5-4-6-11(13)14/h4-6,9,15H,7-8H2,1-3H3. The van der Waals surface area contributed by atoms with Gasteiger partial charge in [-0.2, -0.15) is 0 Å². The molecule has 0 aliphatic heterocycles. The van der Waals surface area contributed by atoms with Gasteiger partial charge in [0.05, 0.1) is 10.6 Å². The van der Waals surface area contributed by atoms with Gasteiger partial charge in [0.15, 0.2) is 6.61 Å². The van der Waals surface area contributed by atoms with Crippen molar-refractivity contribution in [2.24, 2.45) is 0 Å². The first kappa shape index (κ1) is 15.0. The number of hydrogen-bond acceptors (Lipinski definition) is 4. The van der Waals surface area contributed by atoms with Crippen molar-refractivity contribution in [1.82, 2.24) is 5.32 Å². The molecule has 0 aliphatic carbocycles. The first-order valence-electron chi connectivity index (χ1n) is 5.79. The molecule has 0 spiro atoms. The lowest BCUT2D eigenvalue weighted by Crippen LogP contribution is -2.19. The number of para-hydroxylation sites is 1. The predicted octanol–water partition coefficient (Wildman–Crippen LogP) is 2.50. The highest BCUT2D eigenvalue weighted by atomic mass is 79.9. The average molecular weight is 316 g/mol. The number of benzene rings is 1. The predicted molar refractivity (Wildman–Crippen MR) is 73.6 cm³/mol. The van der Waals surface area contributed by atoms with E-state index in [1.807, 2.05) is 39.1 Å². The van der Waals surface area contributed by atoms with Gasteiger partial charge in [-0.25, -0.2) is 4.79 Å². The van der Waals surface area contributed by atoms with Gasteiger partial charge in [0, 0.05) is 12.1 Å². The van der Waals surface area contributed by atoms with Crippen molar-refractivity contribution in [1.29, 1.82) is 0 Å². The van der Waals surface area contributed by atoms with Crippen LogP contribution in [0.25, 0.3) is 0 Å². The molecule has 0 saturated carbocycles. The minimum absolute atomic E-state index is 0.0858. The molecule has 5 heteroatoms. The summed E-state index contributed by atoms with van der Waals surface area (Å²) in [6.07, 6.45) is -0.128. The Morgan fingerprint density at radius 3 is 2.78 bits per heavy atom. The van der Waals surface area contributed by atoms with Gasteiger partial charge in [-0.15, -0.1) is 0 Å². The van der Waals surface area contributed by atoms with Crippen LogP contribution in [0.5, 0.6) is 5.75 Å². The maximum Gasteiger partial charge on any atom is 0.344 e. The second-order valence-corrected chi connectivity index (χ2v) is 4.94. The molecule has 1 N–H and O–H groups in total. The van der Waals surface area contributed by atoms with Crippen molar-refractivity contribution in [2.45, 2.75) is 26.5 Å². The maximum atomic E-state index is 11.4. The Bertz CT molecular complexity index is 407. The number of nitrogens with one attached hydrogen (secondary N) is 1. The minimum Gasteiger partial charge on any atom is -0.480 e. The van der Waals surface area contributed by atoms with Crippen LogP contribution < -0.4 is 10.1 Å².